The van der Waals surface area contributed by atoms with Gasteiger partial charge in [-0.05, 0) is 77.9 Å². The van der Waals surface area contributed by atoms with Gasteiger partial charge in [0.25, 0.3) is 5.91 Å². The number of esters is 1. The second-order valence-electron chi connectivity index (χ2n) is 8.97. The van der Waals surface area contributed by atoms with Crippen LogP contribution in [0.15, 0.2) is 65.6 Å². The first-order valence-corrected chi connectivity index (χ1v) is 14.0. The van der Waals surface area contributed by atoms with Gasteiger partial charge in [-0.1, -0.05) is 59.2 Å². The molecule has 0 radical (unpaired) electrons. The Balaban J connectivity index is 0.00000205. The van der Waals surface area contributed by atoms with Crippen molar-refractivity contribution in [3.63, 3.8) is 0 Å². The number of methoxy groups -OCH3 is 1. The number of carbonyl (C=O) groups is 2. The molecule has 208 valence electrons. The van der Waals surface area contributed by atoms with E-state index in [1.165, 1.54) is 24.6 Å². The van der Waals surface area contributed by atoms with E-state index in [4.69, 9.17) is 18.9 Å². The summed E-state index contributed by atoms with van der Waals surface area (Å²) in [7, 11) is 1.35. The minimum absolute atomic E-state index is 0.133. The van der Waals surface area contributed by atoms with E-state index in [-0.39, 0.29) is 12.7 Å². The predicted molar refractivity (Wildman–Crippen MR) is 154 cm³/mol. The number of benzene rings is 3. The fourth-order valence-electron chi connectivity index (χ4n) is 3.96. The summed E-state index contributed by atoms with van der Waals surface area (Å²) >= 11 is 1.24. The van der Waals surface area contributed by atoms with Crippen LogP contribution in [-0.4, -0.2) is 25.8 Å². The van der Waals surface area contributed by atoms with Crippen molar-refractivity contribution < 1.29 is 28.5 Å². The number of fused-ring (bicyclic) bond motifs is 1. The number of carbonyl (C=O) groups excluding carboxylic acids is 2. The van der Waals surface area contributed by atoms with Crippen LogP contribution in [-0.2, 0) is 16.0 Å². The third-order valence-corrected chi connectivity index (χ3v) is 6.81. The monoisotopic (exact) mass is 551 g/mol. The first-order valence-electron chi connectivity index (χ1n) is 13.2. The molecule has 0 saturated heterocycles. The molecule has 8 heteroatoms. The van der Waals surface area contributed by atoms with Crippen LogP contribution in [0, 0.1) is 0 Å². The van der Waals surface area contributed by atoms with E-state index in [9.17, 15) is 9.59 Å². The summed E-state index contributed by atoms with van der Waals surface area (Å²) in [6, 6.07) is 18.5. The highest BCUT2D eigenvalue weighted by Gasteiger charge is 2.27. The zero-order chi connectivity index (χ0) is 28.4. The maximum Gasteiger partial charge on any atom is 0.337 e. The largest absolute Gasteiger partial charge is 0.476 e. The van der Waals surface area contributed by atoms with E-state index in [0.717, 1.165) is 16.9 Å². The lowest BCUT2D eigenvalue weighted by Gasteiger charge is -2.21. The van der Waals surface area contributed by atoms with Gasteiger partial charge >= 0.3 is 5.97 Å². The Hall–Kier alpha value is -3.65. The van der Waals surface area contributed by atoms with Crippen molar-refractivity contribution in [3.8, 4) is 17.2 Å². The fraction of sp³-hybridized carbons (Fsp3) is 0.355. The minimum Gasteiger partial charge on any atom is -0.476 e. The SMILES string of the molecule is CC.CCCc1cc(C(=O)OC)ccc1OC(C(=O)NSc1ccc(C(C)C)cc1)c1ccc2c(c1)OCO2. The predicted octanol–water partition coefficient (Wildman–Crippen LogP) is 7.25. The van der Waals surface area contributed by atoms with Crippen LogP contribution >= 0.6 is 11.9 Å². The van der Waals surface area contributed by atoms with Gasteiger partial charge in [0.05, 0.1) is 12.7 Å². The number of aryl methyl sites for hydroxylation is 1. The zero-order valence-electron chi connectivity index (χ0n) is 23.4. The molecule has 1 aliphatic heterocycles. The number of nitrogens with one attached hydrogen (secondary N) is 1. The van der Waals surface area contributed by atoms with Gasteiger partial charge in [0.1, 0.15) is 5.75 Å². The Morgan fingerprint density at radius 2 is 1.64 bits per heavy atom. The van der Waals surface area contributed by atoms with Crippen LogP contribution < -0.4 is 18.9 Å². The van der Waals surface area contributed by atoms with Crippen molar-refractivity contribution in [2.75, 3.05) is 13.9 Å². The molecule has 1 unspecified atom stereocenters. The zero-order valence-corrected chi connectivity index (χ0v) is 24.2. The summed E-state index contributed by atoms with van der Waals surface area (Å²) in [5.74, 6) is 1.39. The van der Waals surface area contributed by atoms with Gasteiger partial charge < -0.3 is 18.9 Å². The molecule has 1 heterocycles. The molecule has 1 atom stereocenters. The van der Waals surface area contributed by atoms with Crippen LogP contribution in [0.25, 0.3) is 0 Å². The van der Waals surface area contributed by atoms with Crippen molar-refractivity contribution >= 4 is 23.8 Å². The van der Waals surface area contributed by atoms with Crippen molar-refractivity contribution in [2.24, 2.45) is 0 Å². The van der Waals surface area contributed by atoms with Gasteiger partial charge in [0.15, 0.2) is 11.5 Å². The number of hydrogen-bond acceptors (Lipinski definition) is 7. The topological polar surface area (TPSA) is 83.1 Å². The van der Waals surface area contributed by atoms with Crippen LogP contribution in [0.4, 0.5) is 0 Å². The summed E-state index contributed by atoms with van der Waals surface area (Å²) in [5, 5.41) is 0. The Morgan fingerprint density at radius 1 is 0.949 bits per heavy atom. The lowest BCUT2D eigenvalue weighted by molar-refractivity contribution is -0.126. The fourth-order valence-corrected chi connectivity index (χ4v) is 4.56. The Kier molecular flexibility index (Phi) is 11.1. The highest BCUT2D eigenvalue weighted by Crippen LogP contribution is 2.36. The molecule has 39 heavy (non-hydrogen) atoms. The quantitative estimate of drug-likeness (QED) is 0.210. The van der Waals surface area contributed by atoms with Crippen LogP contribution in [0.5, 0.6) is 17.2 Å². The molecule has 0 fully saturated rings. The molecular formula is C31H37NO6S. The second kappa shape index (κ2) is 14.5. The average Bonchev–Trinajstić information content (AvgIpc) is 3.44. The molecule has 1 N–H and O–H groups in total. The van der Waals surface area contributed by atoms with Crippen LogP contribution in [0.2, 0.25) is 0 Å². The highest BCUT2D eigenvalue weighted by molar-refractivity contribution is 7.98. The lowest BCUT2D eigenvalue weighted by Crippen LogP contribution is -2.28. The van der Waals surface area contributed by atoms with Gasteiger partial charge in [-0.3, -0.25) is 9.52 Å². The van der Waals surface area contributed by atoms with E-state index >= 15 is 0 Å². The Labute approximate surface area is 235 Å². The van der Waals surface area contributed by atoms with E-state index in [1.54, 1.807) is 36.4 Å². The summed E-state index contributed by atoms with van der Waals surface area (Å²) in [6.07, 6.45) is 0.549. The molecule has 0 aromatic heterocycles. The van der Waals surface area contributed by atoms with E-state index in [2.05, 4.69) is 30.7 Å². The second-order valence-corrected chi connectivity index (χ2v) is 9.85. The van der Waals surface area contributed by atoms with Gasteiger partial charge in [-0.15, -0.1) is 0 Å². The minimum atomic E-state index is -0.962. The van der Waals surface area contributed by atoms with Gasteiger partial charge in [0, 0.05) is 10.5 Å². The Morgan fingerprint density at radius 3 is 2.31 bits per heavy atom. The van der Waals surface area contributed by atoms with Crippen LogP contribution in [0.3, 0.4) is 0 Å². The molecule has 0 saturated carbocycles. The summed E-state index contributed by atoms with van der Waals surface area (Å²) < 4.78 is 25.1. The lowest BCUT2D eigenvalue weighted by atomic mass is 10.0. The van der Waals surface area contributed by atoms with Crippen molar-refractivity contribution in [3.05, 3.63) is 82.9 Å². The molecule has 7 nitrogen and oxygen atoms in total. The maximum atomic E-state index is 13.5. The smallest absolute Gasteiger partial charge is 0.337 e. The van der Waals surface area contributed by atoms with E-state index < -0.39 is 12.1 Å². The van der Waals surface area contributed by atoms with Gasteiger partial charge in [-0.25, -0.2) is 4.79 Å². The third-order valence-electron chi connectivity index (χ3n) is 6.00. The maximum absolute atomic E-state index is 13.5. The van der Waals surface area contributed by atoms with Crippen molar-refractivity contribution in [1.29, 1.82) is 0 Å². The number of ether oxygens (including phenoxy) is 4. The van der Waals surface area contributed by atoms with Crippen molar-refractivity contribution in [1.82, 2.24) is 4.72 Å². The molecule has 1 amide bonds. The standard InChI is InChI=1S/C29H31NO6S.C2H6/c1-5-6-20-15-22(29(32)33-4)10-13-24(20)36-27(21-9-14-25-26(16-21)35-17-34-25)28(31)30-37-23-11-7-19(8-12-23)18(2)3;1-2/h7-16,18,27H,5-6,17H2,1-4H3,(H,30,31);1-2H3. The molecule has 3 aromatic rings. The first-order chi connectivity index (χ1) is 18.9. The van der Waals surface area contributed by atoms with E-state index in [1.807, 2.05) is 32.9 Å². The molecule has 0 spiro atoms. The molecule has 3 aromatic carbocycles. The molecule has 1 aliphatic rings. The van der Waals surface area contributed by atoms with E-state index in [0.29, 0.717) is 40.7 Å². The summed E-state index contributed by atoms with van der Waals surface area (Å²) in [5.41, 5.74) is 3.11. The highest BCUT2D eigenvalue weighted by atomic mass is 32.2. The van der Waals surface area contributed by atoms with Crippen molar-refractivity contribution in [2.45, 2.75) is 64.4 Å². The molecule has 0 bridgehead atoms. The van der Waals surface area contributed by atoms with Crippen LogP contribution in [0.1, 0.15) is 80.1 Å². The van der Waals surface area contributed by atoms with Gasteiger partial charge in [-0.2, -0.15) is 0 Å². The Bertz CT molecular complexity index is 1260. The molecular weight excluding hydrogens is 514 g/mol. The third kappa shape index (κ3) is 7.69. The summed E-state index contributed by atoms with van der Waals surface area (Å²) in [4.78, 5) is 26.5. The molecule has 4 rings (SSSR count). The molecule has 0 aliphatic carbocycles. The number of rotatable bonds is 10. The first kappa shape index (κ1) is 29.9. The number of amides is 1. The average molecular weight is 552 g/mol. The normalized spacial score (nSPS) is 12.3. The van der Waals surface area contributed by atoms with Gasteiger partial charge in [0.2, 0.25) is 12.9 Å². The number of hydrogen-bond donors (Lipinski definition) is 1. The summed E-state index contributed by atoms with van der Waals surface area (Å²) in [6.45, 7) is 10.5.